The topological polar surface area (TPSA) is 198 Å². The number of carbonyl (C=O) groups excluding carboxylic acids is 1. The number of carboxylic acids is 2. The zero-order chi connectivity index (χ0) is 26.6. The number of amidine groups is 1. The van der Waals surface area contributed by atoms with E-state index in [0.717, 1.165) is 12.8 Å². The van der Waals surface area contributed by atoms with Gasteiger partial charge in [-0.3, -0.25) is 19.4 Å². The molecule has 0 amide bonds. The molecule has 1 saturated heterocycles. The van der Waals surface area contributed by atoms with E-state index in [1.165, 1.54) is 0 Å². The van der Waals surface area contributed by atoms with Crippen molar-refractivity contribution >= 4 is 30.0 Å². The largest absolute Gasteiger partial charge is 0.481 e. The first-order valence-electron chi connectivity index (χ1n) is 11.1. The zero-order valence-corrected chi connectivity index (χ0v) is 19.0. The van der Waals surface area contributed by atoms with Crippen molar-refractivity contribution in [1.29, 1.82) is 0 Å². The number of nitrogens with two attached hydrogens (primary N) is 1. The van der Waals surface area contributed by atoms with Crippen LogP contribution in [0.25, 0.3) is 0 Å². The van der Waals surface area contributed by atoms with Gasteiger partial charge in [-0.15, -0.1) is 0 Å². The molecule has 0 aromatic carbocycles. The van der Waals surface area contributed by atoms with Crippen LogP contribution in [0.3, 0.4) is 0 Å². The van der Waals surface area contributed by atoms with Crippen molar-refractivity contribution in [2.75, 3.05) is 19.6 Å². The van der Waals surface area contributed by atoms with Crippen LogP contribution in [0.2, 0.25) is 0 Å². The molecule has 0 aromatic heterocycles. The second-order valence-corrected chi connectivity index (χ2v) is 8.14. The van der Waals surface area contributed by atoms with Crippen LogP contribution in [0.1, 0.15) is 44.9 Å². The molecule has 0 radical (unpaired) electrons. The number of aliphatic hydroxyl groups excluding tert-OH is 2. The van der Waals surface area contributed by atoms with Gasteiger partial charge in [0.05, 0.1) is 18.2 Å². The van der Waals surface area contributed by atoms with Gasteiger partial charge in [-0.1, -0.05) is 6.42 Å². The van der Waals surface area contributed by atoms with E-state index in [0.29, 0.717) is 50.6 Å². The summed E-state index contributed by atoms with van der Waals surface area (Å²) >= 11 is 0. The van der Waals surface area contributed by atoms with Gasteiger partial charge in [0.1, 0.15) is 11.9 Å². The molecule has 2 heterocycles. The number of halogens is 3. The van der Waals surface area contributed by atoms with E-state index in [1.807, 2.05) is 4.90 Å². The number of hydrogen-bond acceptors (Lipinski definition) is 8. The van der Waals surface area contributed by atoms with Gasteiger partial charge in [0.2, 0.25) is 12.2 Å². The number of carboxylic acid groups (broad SMARTS) is 2. The first-order valence-corrected chi connectivity index (χ1v) is 11.1. The monoisotopic (exact) mass is 511 g/mol. The van der Waals surface area contributed by atoms with Crippen LogP contribution in [-0.4, -0.2) is 105 Å². The Balaban J connectivity index is 0.000000905. The average molecular weight is 511 g/mol. The maximum absolute atomic E-state index is 10.7. The van der Waals surface area contributed by atoms with Crippen molar-refractivity contribution in [3.05, 3.63) is 0 Å². The summed E-state index contributed by atoms with van der Waals surface area (Å²) < 4.78 is 31.2. The van der Waals surface area contributed by atoms with Gasteiger partial charge in [-0.25, -0.2) is 0 Å². The minimum absolute atomic E-state index is 0.134. The van der Waals surface area contributed by atoms with E-state index >= 15 is 0 Å². The van der Waals surface area contributed by atoms with E-state index in [1.54, 1.807) is 0 Å². The van der Waals surface area contributed by atoms with Crippen molar-refractivity contribution in [1.82, 2.24) is 10.2 Å². The number of aliphatic carboxylic acids is 2. The number of nitrogens with zero attached hydrogens (tertiary/aromatic N) is 3. The molecule has 15 heteroatoms. The first kappa shape index (κ1) is 30.3. The van der Waals surface area contributed by atoms with Crippen molar-refractivity contribution in [3.63, 3.8) is 0 Å². The van der Waals surface area contributed by atoms with Gasteiger partial charge in [-0.05, 0) is 25.7 Å². The second-order valence-electron chi connectivity index (χ2n) is 8.14. The van der Waals surface area contributed by atoms with E-state index < -0.39 is 42.7 Å². The minimum Gasteiger partial charge on any atom is -0.481 e. The third kappa shape index (κ3) is 12.0. The molecular weight excluding hydrogens is 479 g/mol. The Bertz CT molecular complexity index is 779. The fourth-order valence-electron chi connectivity index (χ4n) is 3.40. The maximum atomic E-state index is 10.7. The van der Waals surface area contributed by atoms with Crippen LogP contribution in [0.5, 0.6) is 0 Å². The number of likely N-dealkylation sites (tertiary alicyclic amines) is 1. The molecule has 0 aliphatic carbocycles. The third-order valence-corrected chi connectivity index (χ3v) is 5.19. The highest BCUT2D eigenvalue weighted by atomic mass is 19.4. The highest BCUT2D eigenvalue weighted by Gasteiger charge is 2.37. The Morgan fingerprint density at radius 2 is 1.86 bits per heavy atom. The number of aldehydes is 1. The maximum Gasteiger partial charge on any atom is 0.446 e. The van der Waals surface area contributed by atoms with Gasteiger partial charge in [0.15, 0.2) is 0 Å². The van der Waals surface area contributed by atoms with Gasteiger partial charge >= 0.3 is 18.1 Å². The Labute approximate surface area is 199 Å². The summed E-state index contributed by atoms with van der Waals surface area (Å²) in [5.41, 5.74) is 5.47. The molecule has 35 heavy (non-hydrogen) atoms. The van der Waals surface area contributed by atoms with Crippen LogP contribution in [-0.2, 0) is 14.4 Å². The fraction of sp³-hybridized carbons (Fsp3) is 0.750. The standard InChI is InChI=1S/C18H31N5O6.C2HF3O/c19-11(17(28)29)5-4-7-20-18-21-12-9-13(24)14(25)10-23(16(12)22-18)8-3-1-2-6-15(26)27;3-2(4,5)1-6/h11-14,24-25H,1-10,19H2,(H,20,21)(H,26,27)(H,28,29);1H/t11-,12+,13-,14+;/m0./s1. The van der Waals surface area contributed by atoms with Crippen molar-refractivity contribution < 1.29 is 48.0 Å². The number of hydrogen-bond donors (Lipinski definition) is 6. The molecule has 0 bridgehead atoms. The number of carbonyl (C=O) groups is 3. The summed E-state index contributed by atoms with van der Waals surface area (Å²) in [6.45, 7) is 1.23. The molecule has 2 aliphatic heterocycles. The van der Waals surface area contributed by atoms with Gasteiger partial charge < -0.3 is 36.4 Å². The summed E-state index contributed by atoms with van der Waals surface area (Å²) in [6, 6.07) is -1.17. The number of alkyl halides is 3. The number of aliphatic hydroxyl groups is 2. The Kier molecular flexibility index (Phi) is 12.6. The van der Waals surface area contributed by atoms with Gasteiger partial charge in [-0.2, -0.15) is 18.2 Å². The van der Waals surface area contributed by atoms with Crippen LogP contribution in [0.4, 0.5) is 13.2 Å². The van der Waals surface area contributed by atoms with E-state index in [-0.39, 0.29) is 19.0 Å². The molecule has 0 spiro atoms. The third-order valence-electron chi connectivity index (χ3n) is 5.19. The highest BCUT2D eigenvalue weighted by Crippen LogP contribution is 2.19. The fourth-order valence-corrected chi connectivity index (χ4v) is 3.40. The molecule has 0 unspecified atom stereocenters. The Morgan fingerprint density at radius 1 is 1.20 bits per heavy atom. The SMILES string of the molecule is N[C@@H](CCCN=C1N=C2[C@@H](C[C@H](O)[C@H](O)CN2CCCCCC(=O)O)N1)C(=O)O.O=CC(F)(F)F. The van der Waals surface area contributed by atoms with Crippen LogP contribution in [0, 0.1) is 0 Å². The number of fused-ring (bicyclic) bond motifs is 1. The molecular formula is C20H32F3N5O7. The highest BCUT2D eigenvalue weighted by molar-refractivity contribution is 6.05. The van der Waals surface area contributed by atoms with E-state index in [4.69, 9.17) is 20.7 Å². The molecule has 2 aliphatic rings. The number of β-amino-alcohol motifs (C(OH)–C–C–N with tert-alkyl or cyclic N) is 1. The average Bonchev–Trinajstić information content (AvgIpc) is 3.12. The smallest absolute Gasteiger partial charge is 0.446 e. The summed E-state index contributed by atoms with van der Waals surface area (Å²) in [7, 11) is 0. The number of aliphatic imine (C=N–C) groups is 2. The predicted octanol–water partition coefficient (Wildman–Crippen LogP) is -0.275. The number of guanidine groups is 1. The minimum atomic E-state index is -4.64. The van der Waals surface area contributed by atoms with Gasteiger partial charge in [0, 0.05) is 32.5 Å². The predicted molar refractivity (Wildman–Crippen MR) is 118 cm³/mol. The lowest BCUT2D eigenvalue weighted by Gasteiger charge is -2.25. The summed E-state index contributed by atoms with van der Waals surface area (Å²) in [5, 5.41) is 41.0. The molecule has 7 N–H and O–H groups in total. The zero-order valence-electron chi connectivity index (χ0n) is 19.0. The quantitative estimate of drug-likeness (QED) is 0.158. The first-order chi connectivity index (χ1) is 16.3. The van der Waals surface area contributed by atoms with Crippen molar-refractivity contribution in [2.45, 2.75) is 75.4 Å². The molecule has 12 nitrogen and oxygen atoms in total. The normalized spacial score (nSPS) is 23.8. The lowest BCUT2D eigenvalue weighted by Crippen LogP contribution is -2.42. The molecule has 1 fully saturated rings. The summed E-state index contributed by atoms with van der Waals surface area (Å²) in [5.74, 6) is -0.716. The molecule has 200 valence electrons. The Morgan fingerprint density at radius 3 is 2.43 bits per heavy atom. The van der Waals surface area contributed by atoms with Crippen molar-refractivity contribution in [2.24, 2.45) is 15.7 Å². The van der Waals surface area contributed by atoms with Crippen LogP contribution in [0.15, 0.2) is 9.98 Å². The Hall–Kier alpha value is -2.78. The van der Waals surface area contributed by atoms with E-state index in [9.17, 15) is 33.0 Å². The van der Waals surface area contributed by atoms with Crippen molar-refractivity contribution in [3.8, 4) is 0 Å². The number of rotatable bonds is 11. The van der Waals surface area contributed by atoms with E-state index in [2.05, 4.69) is 15.3 Å². The lowest BCUT2D eigenvalue weighted by molar-refractivity contribution is -0.156. The summed E-state index contributed by atoms with van der Waals surface area (Å²) in [4.78, 5) is 40.8. The molecule has 0 aromatic rings. The molecule has 0 saturated carbocycles. The molecule has 4 atom stereocenters. The number of unbranched alkanes of at least 4 members (excludes halogenated alkanes) is 2. The number of nitrogens with one attached hydrogen (secondary N) is 1. The molecule has 2 rings (SSSR count). The summed E-state index contributed by atoms with van der Waals surface area (Å²) in [6.07, 6.45) is -4.11. The van der Waals surface area contributed by atoms with Gasteiger partial charge in [0.25, 0.3) is 0 Å². The lowest BCUT2D eigenvalue weighted by atomic mass is 10.1. The van der Waals surface area contributed by atoms with Crippen LogP contribution >= 0.6 is 0 Å². The second kappa shape index (κ2) is 14.6. The van der Waals surface area contributed by atoms with Crippen LogP contribution < -0.4 is 11.1 Å².